The number of hydrogen-bond acceptors (Lipinski definition) is 4. The summed E-state index contributed by atoms with van der Waals surface area (Å²) in [7, 11) is 0. The molecule has 0 radical (unpaired) electrons. The van der Waals surface area contributed by atoms with Gasteiger partial charge in [-0.1, -0.05) is 155 Å². The molecule has 0 fully saturated rings. The third-order valence-electron chi connectivity index (χ3n) is 9.13. The van der Waals surface area contributed by atoms with E-state index in [4.69, 9.17) is 5.11 Å². The van der Waals surface area contributed by atoms with Gasteiger partial charge in [0.05, 0.1) is 6.04 Å². The summed E-state index contributed by atoms with van der Waals surface area (Å²) < 4.78 is 0. The molecule has 0 aromatic carbocycles. The topological polar surface area (TPSA) is 83.5 Å². The van der Waals surface area contributed by atoms with Crippen LogP contribution in [-0.4, -0.2) is 35.2 Å². The van der Waals surface area contributed by atoms with E-state index in [1.807, 2.05) is 0 Å². The maximum atomic E-state index is 13.1. The molecule has 0 spiro atoms. The van der Waals surface area contributed by atoms with Crippen molar-refractivity contribution in [2.24, 2.45) is 0 Å². The minimum absolute atomic E-state index is 0.0538. The zero-order valence-corrected chi connectivity index (χ0v) is 29.6. The number of carboxylic acids is 1. The van der Waals surface area contributed by atoms with Gasteiger partial charge >= 0.3 is 5.97 Å². The number of carbonyl (C=O) groups excluding carboxylic acids is 2. The Balaban J connectivity index is 3.96. The number of carbonyl (C=O) groups is 3. The van der Waals surface area contributed by atoms with Gasteiger partial charge in [0.2, 0.25) is 0 Å². The highest BCUT2D eigenvalue weighted by Gasteiger charge is 2.16. The summed E-state index contributed by atoms with van der Waals surface area (Å²) in [5.41, 5.74) is 0. The number of aliphatic carboxylic acids is 1. The van der Waals surface area contributed by atoms with Gasteiger partial charge in [0.25, 0.3) is 0 Å². The van der Waals surface area contributed by atoms with Crippen molar-refractivity contribution in [2.45, 2.75) is 225 Å². The Labute approximate surface area is 273 Å². The number of Topliss-reactive ketones (excluding diaryl/α,β-unsaturated/α-hetero) is 2. The quantitative estimate of drug-likeness (QED) is 0.0674. The van der Waals surface area contributed by atoms with Crippen LogP contribution in [0.5, 0.6) is 0 Å². The van der Waals surface area contributed by atoms with Crippen molar-refractivity contribution in [3.8, 4) is 0 Å². The average Bonchev–Trinajstić information content (AvgIpc) is 3.01. The van der Waals surface area contributed by atoms with Crippen molar-refractivity contribution in [1.82, 2.24) is 5.32 Å². The van der Waals surface area contributed by atoms with Crippen molar-refractivity contribution in [3.05, 3.63) is 0 Å². The summed E-state index contributed by atoms with van der Waals surface area (Å²) in [5, 5.41) is 12.3. The molecule has 2 N–H and O–H groups in total. The lowest BCUT2D eigenvalue weighted by Gasteiger charge is -2.18. The number of nitrogens with one attached hydrogen (secondary N) is 1. The first kappa shape index (κ1) is 42.8. The highest BCUT2D eigenvalue weighted by atomic mass is 16.4. The Morgan fingerprint density at radius 2 is 0.818 bits per heavy atom. The molecule has 0 amide bonds. The predicted molar refractivity (Wildman–Crippen MR) is 189 cm³/mol. The Bertz CT molecular complexity index is 630. The maximum absolute atomic E-state index is 13.1. The van der Waals surface area contributed by atoms with E-state index in [0.717, 1.165) is 90.0 Å². The molecule has 0 bridgehead atoms. The van der Waals surface area contributed by atoms with Crippen LogP contribution in [0, 0.1) is 0 Å². The summed E-state index contributed by atoms with van der Waals surface area (Å²) in [6, 6.07) is 0.0538. The molecule has 0 aliphatic rings. The van der Waals surface area contributed by atoms with Crippen molar-refractivity contribution >= 4 is 17.5 Å². The van der Waals surface area contributed by atoms with E-state index in [-0.39, 0.29) is 12.5 Å². The Kier molecular flexibility index (Phi) is 33.7. The lowest BCUT2D eigenvalue weighted by molar-refractivity contribution is -0.137. The summed E-state index contributed by atoms with van der Waals surface area (Å²) in [6.07, 6.45) is 35.6. The van der Waals surface area contributed by atoms with Crippen molar-refractivity contribution in [1.29, 1.82) is 0 Å². The van der Waals surface area contributed by atoms with Crippen LogP contribution in [0.2, 0.25) is 0 Å². The Hall–Kier alpha value is -1.23. The number of carboxylic acid groups (broad SMARTS) is 1. The number of rotatable bonds is 37. The summed E-state index contributed by atoms with van der Waals surface area (Å²) >= 11 is 0. The van der Waals surface area contributed by atoms with Crippen LogP contribution < -0.4 is 5.32 Å². The largest absolute Gasteiger partial charge is 0.481 e. The van der Waals surface area contributed by atoms with Crippen LogP contribution in [0.1, 0.15) is 219 Å². The molecule has 44 heavy (non-hydrogen) atoms. The summed E-state index contributed by atoms with van der Waals surface area (Å²) in [6.45, 7) is 5.51. The van der Waals surface area contributed by atoms with Gasteiger partial charge in [0, 0.05) is 25.7 Å². The molecule has 1 atom stereocenters. The fourth-order valence-corrected chi connectivity index (χ4v) is 6.15. The molecule has 0 aromatic rings. The van der Waals surface area contributed by atoms with Crippen LogP contribution in [-0.2, 0) is 14.4 Å². The van der Waals surface area contributed by atoms with E-state index in [1.54, 1.807) is 0 Å². The van der Waals surface area contributed by atoms with Gasteiger partial charge < -0.3 is 10.4 Å². The van der Waals surface area contributed by atoms with E-state index in [9.17, 15) is 14.4 Å². The minimum Gasteiger partial charge on any atom is -0.481 e. The first-order valence-corrected chi connectivity index (χ1v) is 19.5. The van der Waals surface area contributed by atoms with E-state index in [2.05, 4.69) is 19.2 Å². The standard InChI is InChI=1S/C39H75NO4/c1-3-5-7-9-11-12-20-26-32-37(40-35-29-23-17-10-8-6-4-2)38(42)33-27-21-15-13-18-24-30-36(41)31-25-19-14-16-22-28-34-39(43)44/h37,40H,3-35H2,1-2H3,(H,43,44). The van der Waals surface area contributed by atoms with E-state index in [0.29, 0.717) is 30.8 Å². The molecule has 0 aliphatic carbocycles. The zero-order valence-electron chi connectivity index (χ0n) is 29.6. The average molecular weight is 622 g/mol. The monoisotopic (exact) mass is 622 g/mol. The van der Waals surface area contributed by atoms with Crippen LogP contribution in [0.25, 0.3) is 0 Å². The molecule has 0 saturated carbocycles. The van der Waals surface area contributed by atoms with Gasteiger partial charge in [-0.2, -0.15) is 0 Å². The molecule has 260 valence electrons. The second-order valence-electron chi connectivity index (χ2n) is 13.5. The highest BCUT2D eigenvalue weighted by Crippen LogP contribution is 2.16. The lowest BCUT2D eigenvalue weighted by atomic mass is 9.98. The van der Waals surface area contributed by atoms with Crippen LogP contribution in [0.15, 0.2) is 0 Å². The molecule has 0 aliphatic heterocycles. The van der Waals surface area contributed by atoms with Crippen LogP contribution in [0.4, 0.5) is 0 Å². The first-order chi connectivity index (χ1) is 21.5. The van der Waals surface area contributed by atoms with Gasteiger partial charge in [-0.15, -0.1) is 0 Å². The molecule has 0 saturated heterocycles. The van der Waals surface area contributed by atoms with Gasteiger partial charge in [0.15, 0.2) is 0 Å². The second-order valence-corrected chi connectivity index (χ2v) is 13.5. The van der Waals surface area contributed by atoms with Gasteiger partial charge in [0.1, 0.15) is 11.6 Å². The fraction of sp³-hybridized carbons (Fsp3) is 0.923. The third-order valence-corrected chi connectivity index (χ3v) is 9.13. The Morgan fingerprint density at radius 3 is 1.27 bits per heavy atom. The Morgan fingerprint density at radius 1 is 0.455 bits per heavy atom. The number of ketones is 2. The van der Waals surface area contributed by atoms with Crippen molar-refractivity contribution < 1.29 is 19.5 Å². The van der Waals surface area contributed by atoms with Crippen LogP contribution in [0.3, 0.4) is 0 Å². The summed E-state index contributed by atoms with van der Waals surface area (Å²) in [4.78, 5) is 35.8. The molecular weight excluding hydrogens is 546 g/mol. The second kappa shape index (κ2) is 34.6. The molecule has 5 heteroatoms. The number of unbranched alkanes of at least 4 members (excludes halogenated alkanes) is 23. The maximum Gasteiger partial charge on any atom is 0.303 e. The van der Waals surface area contributed by atoms with E-state index in [1.165, 1.54) is 96.3 Å². The fourth-order valence-electron chi connectivity index (χ4n) is 6.15. The molecule has 0 aromatic heterocycles. The number of hydrogen-bond donors (Lipinski definition) is 2. The van der Waals surface area contributed by atoms with Crippen molar-refractivity contribution in [3.63, 3.8) is 0 Å². The van der Waals surface area contributed by atoms with Gasteiger partial charge in [-0.3, -0.25) is 14.4 Å². The van der Waals surface area contributed by atoms with E-state index >= 15 is 0 Å². The molecule has 0 heterocycles. The molecular formula is C39H75NO4. The molecule has 1 unspecified atom stereocenters. The zero-order chi connectivity index (χ0) is 32.4. The van der Waals surface area contributed by atoms with E-state index < -0.39 is 5.97 Å². The highest BCUT2D eigenvalue weighted by molar-refractivity contribution is 5.83. The minimum atomic E-state index is -0.708. The lowest BCUT2D eigenvalue weighted by Crippen LogP contribution is -2.37. The SMILES string of the molecule is CCCCCCCCCCC(NCCCCCCCCC)C(=O)CCCCCCCCC(=O)CCCCCCCCC(=O)O. The molecule has 5 nitrogen and oxygen atoms in total. The molecule has 0 rings (SSSR count). The predicted octanol–water partition coefficient (Wildman–Crippen LogP) is 11.7. The summed E-state index contributed by atoms with van der Waals surface area (Å²) in [5.74, 6) is 0.121. The van der Waals surface area contributed by atoms with Crippen molar-refractivity contribution in [2.75, 3.05) is 6.54 Å². The van der Waals surface area contributed by atoms with Gasteiger partial charge in [-0.05, 0) is 45.1 Å². The smallest absolute Gasteiger partial charge is 0.303 e. The van der Waals surface area contributed by atoms with Crippen LogP contribution >= 0.6 is 0 Å². The third kappa shape index (κ3) is 32.2. The first-order valence-electron chi connectivity index (χ1n) is 19.5. The van der Waals surface area contributed by atoms with Gasteiger partial charge in [-0.25, -0.2) is 0 Å². The normalized spacial score (nSPS) is 12.0.